The number of amides is 1. The number of nitrogens with two attached hydrogens (primary N) is 1. The number of nitrogens with one attached hydrogen (secondary N) is 1. The number of likely N-dealkylation sites (N-methyl/N-ethyl adjacent to an activating group) is 1. The third kappa shape index (κ3) is 4.05. The van der Waals surface area contributed by atoms with Crippen LogP contribution in [0.5, 0.6) is 0 Å². The molecule has 0 radical (unpaired) electrons. The van der Waals surface area contributed by atoms with Gasteiger partial charge in [-0.3, -0.25) is 10.1 Å². The lowest BCUT2D eigenvalue weighted by molar-refractivity contribution is -0.128. The SMILES string of the molecule is CCCC(C)OCC(NCC)(C(N)=O)c1ccccc1. The summed E-state index contributed by atoms with van der Waals surface area (Å²) in [5, 5.41) is 3.21. The van der Waals surface area contributed by atoms with E-state index in [0.717, 1.165) is 18.4 Å². The van der Waals surface area contributed by atoms with Gasteiger partial charge in [-0.2, -0.15) is 0 Å². The van der Waals surface area contributed by atoms with E-state index in [1.54, 1.807) is 0 Å². The van der Waals surface area contributed by atoms with Gasteiger partial charge in [-0.05, 0) is 25.5 Å². The summed E-state index contributed by atoms with van der Waals surface area (Å²) in [6.07, 6.45) is 2.13. The molecule has 0 spiro atoms. The normalized spacial score (nSPS) is 15.6. The van der Waals surface area contributed by atoms with Crippen LogP contribution in [0.2, 0.25) is 0 Å². The first kappa shape index (κ1) is 16.7. The molecule has 20 heavy (non-hydrogen) atoms. The molecule has 0 saturated carbocycles. The smallest absolute Gasteiger partial charge is 0.244 e. The third-order valence-corrected chi connectivity index (χ3v) is 3.45. The number of ether oxygens (including phenoxy) is 1. The summed E-state index contributed by atoms with van der Waals surface area (Å²) < 4.78 is 5.85. The Bertz CT molecular complexity index is 408. The van der Waals surface area contributed by atoms with Gasteiger partial charge in [0.05, 0.1) is 12.7 Å². The number of carbonyl (C=O) groups excluding carboxylic acids is 1. The van der Waals surface area contributed by atoms with Crippen LogP contribution in [-0.4, -0.2) is 25.2 Å². The molecule has 0 saturated heterocycles. The first-order chi connectivity index (χ1) is 9.56. The molecule has 0 bridgehead atoms. The van der Waals surface area contributed by atoms with Gasteiger partial charge in [0.15, 0.2) is 0 Å². The average molecular weight is 278 g/mol. The van der Waals surface area contributed by atoms with Crippen LogP contribution in [0.15, 0.2) is 30.3 Å². The minimum atomic E-state index is -0.960. The lowest BCUT2D eigenvalue weighted by Crippen LogP contribution is -2.56. The Balaban J connectivity index is 2.97. The molecule has 1 aromatic carbocycles. The van der Waals surface area contributed by atoms with Gasteiger partial charge in [-0.15, -0.1) is 0 Å². The Morgan fingerprint density at radius 3 is 2.50 bits per heavy atom. The fourth-order valence-electron chi connectivity index (χ4n) is 2.32. The standard InChI is InChI=1S/C16H26N2O2/c1-4-9-13(3)20-12-16(15(17)19,18-5-2)14-10-7-6-8-11-14/h6-8,10-11,13,18H,4-5,9,12H2,1-3H3,(H2,17,19). The Labute approximate surface area is 121 Å². The van der Waals surface area contributed by atoms with Crippen molar-refractivity contribution in [3.8, 4) is 0 Å². The highest BCUT2D eigenvalue weighted by Gasteiger charge is 2.38. The molecule has 0 aliphatic carbocycles. The second kappa shape index (κ2) is 8.02. The summed E-state index contributed by atoms with van der Waals surface area (Å²) in [5.74, 6) is -0.408. The topological polar surface area (TPSA) is 64.3 Å². The predicted molar refractivity (Wildman–Crippen MR) is 81.3 cm³/mol. The number of primary amides is 1. The fraction of sp³-hybridized carbons (Fsp3) is 0.562. The minimum absolute atomic E-state index is 0.112. The van der Waals surface area contributed by atoms with Crippen LogP contribution >= 0.6 is 0 Å². The number of hydrogen-bond donors (Lipinski definition) is 2. The minimum Gasteiger partial charge on any atom is -0.376 e. The van der Waals surface area contributed by atoms with Crippen LogP contribution in [-0.2, 0) is 15.1 Å². The van der Waals surface area contributed by atoms with Gasteiger partial charge < -0.3 is 10.5 Å². The lowest BCUT2D eigenvalue weighted by Gasteiger charge is -2.33. The van der Waals surface area contributed by atoms with Crippen LogP contribution in [0.4, 0.5) is 0 Å². The van der Waals surface area contributed by atoms with Gasteiger partial charge in [0.25, 0.3) is 0 Å². The molecule has 1 rings (SSSR count). The maximum Gasteiger partial charge on any atom is 0.244 e. The van der Waals surface area contributed by atoms with E-state index < -0.39 is 11.4 Å². The van der Waals surface area contributed by atoms with Gasteiger partial charge in [-0.1, -0.05) is 50.6 Å². The fourth-order valence-corrected chi connectivity index (χ4v) is 2.32. The Morgan fingerprint density at radius 2 is 2.00 bits per heavy atom. The molecule has 1 amide bonds. The molecule has 2 unspecified atom stereocenters. The van der Waals surface area contributed by atoms with Gasteiger partial charge in [0, 0.05) is 0 Å². The van der Waals surface area contributed by atoms with Crippen LogP contribution in [0.3, 0.4) is 0 Å². The number of benzene rings is 1. The van der Waals surface area contributed by atoms with Gasteiger partial charge in [0.2, 0.25) is 5.91 Å². The highest BCUT2D eigenvalue weighted by Crippen LogP contribution is 2.22. The molecule has 0 aliphatic heterocycles. The molecule has 0 fully saturated rings. The van der Waals surface area contributed by atoms with E-state index in [1.165, 1.54) is 0 Å². The molecule has 4 nitrogen and oxygen atoms in total. The van der Waals surface area contributed by atoms with Crippen LogP contribution in [0.1, 0.15) is 39.2 Å². The molecule has 4 heteroatoms. The van der Waals surface area contributed by atoms with E-state index in [2.05, 4.69) is 12.2 Å². The molecular formula is C16H26N2O2. The summed E-state index contributed by atoms with van der Waals surface area (Å²) in [4.78, 5) is 12.1. The van der Waals surface area contributed by atoms with Crippen molar-refractivity contribution in [1.82, 2.24) is 5.32 Å². The van der Waals surface area contributed by atoms with E-state index in [4.69, 9.17) is 10.5 Å². The van der Waals surface area contributed by atoms with Crippen molar-refractivity contribution < 1.29 is 9.53 Å². The van der Waals surface area contributed by atoms with Crippen molar-refractivity contribution in [3.63, 3.8) is 0 Å². The van der Waals surface area contributed by atoms with Gasteiger partial charge in [0.1, 0.15) is 5.54 Å². The first-order valence-corrected chi connectivity index (χ1v) is 7.28. The molecule has 2 atom stereocenters. The summed E-state index contributed by atoms with van der Waals surface area (Å²) in [5.41, 5.74) is 5.55. The van der Waals surface area contributed by atoms with E-state index in [1.807, 2.05) is 44.2 Å². The Kier molecular flexibility index (Phi) is 6.68. The zero-order chi connectivity index (χ0) is 15.0. The zero-order valence-corrected chi connectivity index (χ0v) is 12.7. The summed E-state index contributed by atoms with van der Waals surface area (Å²) in [7, 11) is 0. The number of hydrogen-bond acceptors (Lipinski definition) is 3. The van der Waals surface area contributed by atoms with E-state index in [0.29, 0.717) is 6.54 Å². The number of carbonyl (C=O) groups is 1. The Morgan fingerprint density at radius 1 is 1.35 bits per heavy atom. The predicted octanol–water partition coefficient (Wildman–Crippen LogP) is 2.18. The number of rotatable bonds is 9. The van der Waals surface area contributed by atoms with Crippen molar-refractivity contribution in [2.75, 3.05) is 13.2 Å². The van der Waals surface area contributed by atoms with Gasteiger partial charge >= 0.3 is 0 Å². The molecule has 0 aliphatic rings. The maximum atomic E-state index is 12.1. The van der Waals surface area contributed by atoms with Crippen molar-refractivity contribution in [2.24, 2.45) is 5.73 Å². The summed E-state index contributed by atoms with van der Waals surface area (Å²) >= 11 is 0. The van der Waals surface area contributed by atoms with E-state index >= 15 is 0 Å². The van der Waals surface area contributed by atoms with Crippen molar-refractivity contribution in [1.29, 1.82) is 0 Å². The van der Waals surface area contributed by atoms with Gasteiger partial charge in [-0.25, -0.2) is 0 Å². The molecule has 3 N–H and O–H groups in total. The van der Waals surface area contributed by atoms with E-state index in [9.17, 15) is 4.79 Å². The highest BCUT2D eigenvalue weighted by atomic mass is 16.5. The molecule has 0 heterocycles. The Hall–Kier alpha value is -1.39. The van der Waals surface area contributed by atoms with Crippen LogP contribution in [0.25, 0.3) is 0 Å². The second-order valence-corrected chi connectivity index (χ2v) is 5.08. The van der Waals surface area contributed by atoms with Crippen molar-refractivity contribution in [3.05, 3.63) is 35.9 Å². The molecule has 0 aromatic heterocycles. The third-order valence-electron chi connectivity index (χ3n) is 3.45. The lowest BCUT2D eigenvalue weighted by atomic mass is 9.89. The average Bonchev–Trinajstić information content (AvgIpc) is 2.44. The molecule has 112 valence electrons. The zero-order valence-electron chi connectivity index (χ0n) is 12.7. The summed E-state index contributed by atoms with van der Waals surface area (Å²) in [6.45, 7) is 6.98. The maximum absolute atomic E-state index is 12.1. The highest BCUT2D eigenvalue weighted by molar-refractivity contribution is 5.86. The molecular weight excluding hydrogens is 252 g/mol. The quantitative estimate of drug-likeness (QED) is 0.727. The van der Waals surface area contributed by atoms with Crippen LogP contribution in [0, 0.1) is 0 Å². The van der Waals surface area contributed by atoms with Crippen molar-refractivity contribution in [2.45, 2.75) is 45.3 Å². The molecule has 1 aromatic rings. The van der Waals surface area contributed by atoms with Crippen LogP contribution < -0.4 is 11.1 Å². The second-order valence-electron chi connectivity index (χ2n) is 5.08. The first-order valence-electron chi connectivity index (χ1n) is 7.28. The largest absolute Gasteiger partial charge is 0.376 e. The summed E-state index contributed by atoms with van der Waals surface area (Å²) in [6, 6.07) is 9.53. The van der Waals surface area contributed by atoms with Crippen molar-refractivity contribution >= 4 is 5.91 Å². The van der Waals surface area contributed by atoms with E-state index in [-0.39, 0.29) is 12.7 Å². The monoisotopic (exact) mass is 278 g/mol.